The summed E-state index contributed by atoms with van der Waals surface area (Å²) in [5, 5.41) is 19.1. The number of hydrazine groups is 2. The van der Waals surface area contributed by atoms with Gasteiger partial charge in [-0.1, -0.05) is 34.8 Å². The van der Waals surface area contributed by atoms with Gasteiger partial charge in [-0.15, -0.1) is 16.9 Å². The number of benzene rings is 2. The minimum absolute atomic E-state index is 0.0567. The molecule has 0 bridgehead atoms. The van der Waals surface area contributed by atoms with E-state index in [0.29, 0.717) is 27.3 Å². The van der Waals surface area contributed by atoms with Crippen molar-refractivity contribution in [1.82, 2.24) is 25.9 Å². The lowest BCUT2D eigenvalue weighted by molar-refractivity contribution is 0.221. The molecule has 0 aliphatic carbocycles. The van der Waals surface area contributed by atoms with Crippen LogP contribution in [-0.4, -0.2) is 21.0 Å². The Bertz CT molecular complexity index is 1650. The molecule has 0 radical (unpaired) electrons. The molecule has 2 aromatic carbocycles. The molecule has 0 saturated heterocycles. The van der Waals surface area contributed by atoms with Gasteiger partial charge in [-0.05, 0) is 45.0 Å². The molecule has 0 saturated carbocycles. The molecule has 5 rings (SSSR count). The first-order valence-corrected chi connectivity index (χ1v) is 13.8. The summed E-state index contributed by atoms with van der Waals surface area (Å²) in [4.78, 5) is 9.83. The van der Waals surface area contributed by atoms with Crippen molar-refractivity contribution in [2.24, 2.45) is 0 Å². The summed E-state index contributed by atoms with van der Waals surface area (Å²) in [6, 6.07) is 8.55. The monoisotopic (exact) mass is 602 g/mol. The van der Waals surface area contributed by atoms with Crippen LogP contribution >= 0.6 is 46.1 Å². The lowest BCUT2D eigenvalue weighted by Gasteiger charge is -2.21. The number of anilines is 3. The summed E-state index contributed by atoms with van der Waals surface area (Å²) in [6.45, 7) is 6.10. The fraction of sp³-hybridized carbons (Fsp3) is 0.192. The molecule has 2 aromatic heterocycles. The molecule has 13 heteroatoms. The standard InChI is InChI=1S/C26H22Cl3FN8S/c1-12(2)38-10-20(36-37-38)25(26-13(3)33-11-39-26)34-15-6-16-23(14(8-31)9-32-24(16)18(28)7-15)35-19-5-4-17(27)21(29)22(19)30/h4-7,9-12,25,34,36-37H,1-3H3,(H,32,35)/t25-/m1/s1. The highest BCUT2D eigenvalue weighted by Gasteiger charge is 2.27. The van der Waals surface area contributed by atoms with E-state index in [1.165, 1.54) is 29.7 Å². The predicted molar refractivity (Wildman–Crippen MR) is 156 cm³/mol. The molecular formula is C26H22Cl3FN8S. The molecule has 1 atom stereocenters. The normalized spacial score (nSPS) is 13.8. The molecular weight excluding hydrogens is 582 g/mol. The Morgan fingerprint density at radius 1 is 1.15 bits per heavy atom. The average molecular weight is 604 g/mol. The summed E-state index contributed by atoms with van der Waals surface area (Å²) in [5.74, 6) is -0.736. The highest BCUT2D eigenvalue weighted by atomic mass is 35.5. The van der Waals surface area contributed by atoms with Crippen LogP contribution in [0.3, 0.4) is 0 Å². The molecule has 8 nitrogen and oxygen atoms in total. The van der Waals surface area contributed by atoms with E-state index in [1.54, 1.807) is 11.6 Å². The Morgan fingerprint density at radius 2 is 1.95 bits per heavy atom. The minimum Gasteiger partial charge on any atom is -0.372 e. The lowest BCUT2D eigenvalue weighted by Crippen LogP contribution is -2.41. The topological polar surface area (TPSA) is 101 Å². The Morgan fingerprint density at radius 3 is 2.62 bits per heavy atom. The van der Waals surface area contributed by atoms with E-state index in [9.17, 15) is 9.65 Å². The molecule has 4 aromatic rings. The van der Waals surface area contributed by atoms with Gasteiger partial charge in [0.15, 0.2) is 5.82 Å². The van der Waals surface area contributed by atoms with Crippen LogP contribution in [0.15, 0.2) is 47.9 Å². The number of aromatic nitrogens is 2. The van der Waals surface area contributed by atoms with Gasteiger partial charge in [0.2, 0.25) is 0 Å². The number of fused-ring (bicyclic) bond motifs is 1. The van der Waals surface area contributed by atoms with Gasteiger partial charge in [0.05, 0.1) is 59.3 Å². The van der Waals surface area contributed by atoms with Crippen molar-refractivity contribution in [2.45, 2.75) is 32.9 Å². The Labute approximate surface area is 243 Å². The van der Waals surface area contributed by atoms with Crippen LogP contribution in [0.4, 0.5) is 21.5 Å². The number of nitrogens with one attached hydrogen (secondary N) is 4. The third-order valence-electron chi connectivity index (χ3n) is 6.17. The first-order valence-electron chi connectivity index (χ1n) is 11.8. The van der Waals surface area contributed by atoms with Crippen LogP contribution in [0, 0.1) is 24.1 Å². The largest absolute Gasteiger partial charge is 0.372 e. The van der Waals surface area contributed by atoms with E-state index in [-0.39, 0.29) is 33.4 Å². The van der Waals surface area contributed by atoms with Gasteiger partial charge in [0, 0.05) is 29.5 Å². The van der Waals surface area contributed by atoms with E-state index in [1.807, 2.05) is 24.2 Å². The minimum atomic E-state index is -0.736. The zero-order valence-corrected chi connectivity index (χ0v) is 24.0. The fourth-order valence-electron chi connectivity index (χ4n) is 4.13. The molecule has 0 amide bonds. The molecule has 0 fully saturated rings. The van der Waals surface area contributed by atoms with Crippen LogP contribution in [0.5, 0.6) is 0 Å². The van der Waals surface area contributed by atoms with Crippen LogP contribution in [-0.2, 0) is 0 Å². The Hall–Kier alpha value is -3.33. The van der Waals surface area contributed by atoms with Gasteiger partial charge >= 0.3 is 0 Å². The summed E-state index contributed by atoms with van der Waals surface area (Å²) >= 11 is 20.2. The number of halogens is 4. The summed E-state index contributed by atoms with van der Waals surface area (Å²) in [7, 11) is 0. The number of thiazole rings is 1. The number of hydrogen-bond acceptors (Lipinski definition) is 9. The van der Waals surface area contributed by atoms with Crippen molar-refractivity contribution in [3.05, 3.63) is 84.9 Å². The van der Waals surface area contributed by atoms with Crippen molar-refractivity contribution < 1.29 is 4.39 Å². The molecule has 1 aliphatic heterocycles. The average Bonchev–Trinajstić information content (AvgIpc) is 3.57. The third-order valence-corrected chi connectivity index (χ3v) is 8.24. The molecule has 4 N–H and O–H groups in total. The number of pyridine rings is 1. The maximum atomic E-state index is 14.9. The van der Waals surface area contributed by atoms with E-state index in [0.717, 1.165) is 16.3 Å². The van der Waals surface area contributed by atoms with E-state index in [2.05, 4.69) is 51.5 Å². The lowest BCUT2D eigenvalue weighted by atomic mass is 10.1. The zero-order valence-electron chi connectivity index (χ0n) is 20.9. The number of aryl methyl sites for hydroxylation is 1. The molecule has 0 spiro atoms. The van der Waals surface area contributed by atoms with Crippen LogP contribution < -0.4 is 21.6 Å². The number of nitriles is 1. The quantitative estimate of drug-likeness (QED) is 0.162. The maximum Gasteiger partial charge on any atom is 0.166 e. The zero-order chi connectivity index (χ0) is 27.8. The maximum absolute atomic E-state index is 14.9. The van der Waals surface area contributed by atoms with Gasteiger partial charge in [0.25, 0.3) is 0 Å². The Kier molecular flexibility index (Phi) is 7.71. The third kappa shape index (κ3) is 5.29. The highest BCUT2D eigenvalue weighted by Crippen LogP contribution is 2.39. The molecule has 3 heterocycles. The number of nitrogens with zero attached hydrogens (tertiary/aromatic N) is 4. The first kappa shape index (κ1) is 27.2. The SMILES string of the molecule is Cc1ncsc1[C@H](Nc1cc(Cl)c2ncc(C#N)c(Nc3ccc(Cl)c(Cl)c3F)c2c1)C1=CN(C(C)C)NN1. The summed E-state index contributed by atoms with van der Waals surface area (Å²) in [5.41, 5.74) is 11.7. The van der Waals surface area contributed by atoms with Gasteiger partial charge in [-0.3, -0.25) is 9.99 Å². The fourth-order valence-corrected chi connectivity index (χ4v) is 5.58. The molecule has 0 unspecified atom stereocenters. The van der Waals surface area contributed by atoms with Crippen LogP contribution in [0.25, 0.3) is 10.9 Å². The van der Waals surface area contributed by atoms with Gasteiger partial charge < -0.3 is 16.1 Å². The van der Waals surface area contributed by atoms with Crippen LogP contribution in [0.1, 0.15) is 36.0 Å². The smallest absolute Gasteiger partial charge is 0.166 e. The number of hydrogen-bond donors (Lipinski definition) is 4. The van der Waals surface area contributed by atoms with Crippen molar-refractivity contribution in [3.8, 4) is 6.07 Å². The highest BCUT2D eigenvalue weighted by molar-refractivity contribution is 7.09. The second kappa shape index (κ2) is 11.0. The predicted octanol–water partition coefficient (Wildman–Crippen LogP) is 7.44. The van der Waals surface area contributed by atoms with E-state index >= 15 is 0 Å². The second-order valence-corrected chi connectivity index (χ2v) is 11.1. The van der Waals surface area contributed by atoms with Gasteiger partial charge in [-0.2, -0.15) is 5.26 Å². The molecule has 200 valence electrons. The second-order valence-electron chi connectivity index (χ2n) is 9.06. The first-order chi connectivity index (χ1) is 18.7. The molecule has 39 heavy (non-hydrogen) atoms. The van der Waals surface area contributed by atoms with Crippen LogP contribution in [0.2, 0.25) is 15.1 Å². The summed E-state index contributed by atoms with van der Waals surface area (Å²) < 4.78 is 14.9. The summed E-state index contributed by atoms with van der Waals surface area (Å²) in [6.07, 6.45) is 3.39. The van der Waals surface area contributed by atoms with Crippen molar-refractivity contribution in [1.29, 1.82) is 5.26 Å². The Balaban J connectivity index is 1.61. The van der Waals surface area contributed by atoms with E-state index < -0.39 is 5.82 Å². The van der Waals surface area contributed by atoms with Gasteiger partial charge in [-0.25, -0.2) is 9.37 Å². The van der Waals surface area contributed by atoms with Crippen molar-refractivity contribution in [3.63, 3.8) is 0 Å². The van der Waals surface area contributed by atoms with Crippen molar-refractivity contribution >= 4 is 74.1 Å². The van der Waals surface area contributed by atoms with Crippen molar-refractivity contribution in [2.75, 3.05) is 10.6 Å². The number of rotatable bonds is 7. The van der Waals surface area contributed by atoms with E-state index in [4.69, 9.17) is 34.8 Å². The van der Waals surface area contributed by atoms with Gasteiger partial charge in [0.1, 0.15) is 12.1 Å². The molecule has 1 aliphatic rings.